The SMILES string of the molecule is COC(=O)[C@H]1N2C(=O)[C@@H](NC(=O)C(C)(C)N(C)C(=O)OC(C)(C)C)CCS[C@H]2CC1(C)C. The van der Waals surface area contributed by atoms with Gasteiger partial charge in [0.25, 0.3) is 0 Å². The second-order valence-corrected chi connectivity index (χ2v) is 11.9. The molecule has 0 bridgehead atoms. The zero-order valence-corrected chi connectivity index (χ0v) is 21.4. The maximum absolute atomic E-state index is 13.5. The van der Waals surface area contributed by atoms with Gasteiger partial charge >= 0.3 is 12.1 Å². The van der Waals surface area contributed by atoms with E-state index in [1.807, 2.05) is 13.8 Å². The van der Waals surface area contributed by atoms with E-state index >= 15 is 0 Å². The molecule has 0 spiro atoms. The maximum Gasteiger partial charge on any atom is 0.410 e. The van der Waals surface area contributed by atoms with Gasteiger partial charge in [-0.05, 0) is 58.6 Å². The molecule has 32 heavy (non-hydrogen) atoms. The van der Waals surface area contributed by atoms with Crippen LogP contribution in [0.4, 0.5) is 4.79 Å². The van der Waals surface area contributed by atoms with Crippen molar-refractivity contribution in [1.29, 1.82) is 0 Å². The lowest BCUT2D eigenvalue weighted by molar-refractivity contribution is -0.155. The first kappa shape index (κ1) is 26.3. The molecule has 3 amide bonds. The van der Waals surface area contributed by atoms with Gasteiger partial charge in [-0.25, -0.2) is 9.59 Å². The Morgan fingerprint density at radius 2 is 1.78 bits per heavy atom. The summed E-state index contributed by atoms with van der Waals surface area (Å²) in [6.07, 6.45) is 0.465. The van der Waals surface area contributed by atoms with E-state index in [0.717, 1.165) is 0 Å². The molecule has 10 heteroatoms. The minimum atomic E-state index is -1.26. The quantitative estimate of drug-likeness (QED) is 0.628. The number of carbonyl (C=O) groups excluding carboxylic acids is 4. The van der Waals surface area contributed by atoms with Crippen molar-refractivity contribution >= 4 is 35.6 Å². The number of thioether (sulfide) groups is 1. The highest BCUT2D eigenvalue weighted by atomic mass is 32.2. The molecule has 9 nitrogen and oxygen atoms in total. The summed E-state index contributed by atoms with van der Waals surface area (Å²) >= 11 is 1.61. The van der Waals surface area contributed by atoms with Crippen LogP contribution in [-0.2, 0) is 23.9 Å². The van der Waals surface area contributed by atoms with E-state index < -0.39 is 46.6 Å². The number of carbonyl (C=O) groups is 4. The predicted octanol–water partition coefficient (Wildman–Crippen LogP) is 2.38. The highest BCUT2D eigenvalue weighted by Crippen LogP contribution is 2.46. The lowest BCUT2D eigenvalue weighted by atomic mass is 9.84. The Kier molecular flexibility index (Phi) is 7.48. The molecule has 0 radical (unpaired) electrons. The maximum atomic E-state index is 13.5. The van der Waals surface area contributed by atoms with Gasteiger partial charge in [0.05, 0.1) is 12.5 Å². The summed E-state index contributed by atoms with van der Waals surface area (Å²) in [7, 11) is 2.81. The minimum Gasteiger partial charge on any atom is -0.467 e. The molecule has 1 N–H and O–H groups in total. The Morgan fingerprint density at radius 3 is 2.31 bits per heavy atom. The molecular weight excluding hydrogens is 434 g/mol. The van der Waals surface area contributed by atoms with Crippen LogP contribution in [0.3, 0.4) is 0 Å². The highest BCUT2D eigenvalue weighted by molar-refractivity contribution is 7.99. The highest BCUT2D eigenvalue weighted by Gasteiger charge is 2.55. The second-order valence-electron chi connectivity index (χ2n) is 10.6. The Bertz CT molecular complexity index is 776. The smallest absolute Gasteiger partial charge is 0.410 e. The molecule has 0 aromatic rings. The summed E-state index contributed by atoms with van der Waals surface area (Å²) in [5.41, 5.74) is -2.40. The molecule has 0 aliphatic carbocycles. The normalized spacial score (nSPS) is 25.5. The number of hydrogen-bond donors (Lipinski definition) is 1. The average molecular weight is 472 g/mol. The van der Waals surface area contributed by atoms with E-state index in [1.165, 1.54) is 19.1 Å². The topological polar surface area (TPSA) is 105 Å². The molecule has 182 valence electrons. The largest absolute Gasteiger partial charge is 0.467 e. The van der Waals surface area contributed by atoms with Crippen molar-refractivity contribution in [1.82, 2.24) is 15.1 Å². The third-order valence-electron chi connectivity index (χ3n) is 6.09. The number of rotatable bonds is 4. The second kappa shape index (κ2) is 9.11. The van der Waals surface area contributed by atoms with Gasteiger partial charge in [0.2, 0.25) is 11.8 Å². The Hall–Kier alpha value is -1.97. The van der Waals surface area contributed by atoms with Crippen LogP contribution in [0.5, 0.6) is 0 Å². The summed E-state index contributed by atoms with van der Waals surface area (Å²) in [5, 5.41) is 2.67. The first-order valence-electron chi connectivity index (χ1n) is 10.8. The molecule has 0 aromatic heterocycles. The number of nitrogens with zero attached hydrogens (tertiary/aromatic N) is 2. The molecule has 3 atom stereocenters. The Morgan fingerprint density at radius 1 is 1.19 bits per heavy atom. The molecule has 2 heterocycles. The van der Waals surface area contributed by atoms with Crippen molar-refractivity contribution in [2.75, 3.05) is 19.9 Å². The Balaban J connectivity index is 2.21. The number of ether oxygens (including phenoxy) is 2. The van der Waals surface area contributed by atoms with Gasteiger partial charge in [0.1, 0.15) is 23.2 Å². The molecule has 0 unspecified atom stereocenters. The lowest BCUT2D eigenvalue weighted by Crippen LogP contribution is -2.61. The van der Waals surface area contributed by atoms with Crippen LogP contribution in [-0.4, -0.2) is 82.2 Å². The van der Waals surface area contributed by atoms with Gasteiger partial charge in [-0.2, -0.15) is 0 Å². The van der Waals surface area contributed by atoms with Crippen LogP contribution in [0.2, 0.25) is 0 Å². The average Bonchev–Trinajstić information content (AvgIpc) is 2.85. The van der Waals surface area contributed by atoms with E-state index in [2.05, 4.69) is 5.32 Å². The standard InChI is InChI=1S/C22H37N3O6S/c1-20(2,3)31-19(29)24(8)22(6,7)18(28)23-13-10-11-32-14-12-21(4,5)15(17(27)30-9)25(14)16(13)26/h13-15H,10-12H2,1-9H3,(H,23,28)/t13-,14-,15+/m0/s1. The van der Waals surface area contributed by atoms with Gasteiger partial charge in [0.15, 0.2) is 0 Å². The van der Waals surface area contributed by atoms with E-state index in [4.69, 9.17) is 9.47 Å². The first-order chi connectivity index (χ1) is 14.5. The van der Waals surface area contributed by atoms with Crippen molar-refractivity contribution < 1.29 is 28.7 Å². The summed E-state index contributed by atoms with van der Waals surface area (Å²) in [5.74, 6) is -0.571. The first-order valence-corrected chi connectivity index (χ1v) is 11.9. The molecule has 2 fully saturated rings. The predicted molar refractivity (Wildman–Crippen MR) is 122 cm³/mol. The number of nitrogens with one attached hydrogen (secondary N) is 1. The number of likely N-dealkylation sites (N-methyl/N-ethyl adjacent to an activating group) is 1. The van der Waals surface area contributed by atoms with Crippen molar-refractivity contribution in [3.05, 3.63) is 0 Å². The zero-order valence-electron chi connectivity index (χ0n) is 20.6. The van der Waals surface area contributed by atoms with Gasteiger partial charge in [0, 0.05) is 7.05 Å². The molecule has 2 saturated heterocycles. The third-order valence-corrected chi connectivity index (χ3v) is 7.34. The van der Waals surface area contributed by atoms with Crippen LogP contribution in [0.15, 0.2) is 0 Å². The number of methoxy groups -OCH3 is 1. The number of amides is 3. The molecule has 2 aliphatic rings. The van der Waals surface area contributed by atoms with Gasteiger partial charge in [-0.15, -0.1) is 11.8 Å². The monoisotopic (exact) mass is 471 g/mol. The van der Waals surface area contributed by atoms with Crippen LogP contribution < -0.4 is 5.32 Å². The van der Waals surface area contributed by atoms with Gasteiger partial charge < -0.3 is 19.7 Å². The van der Waals surface area contributed by atoms with Gasteiger partial charge in [-0.3, -0.25) is 14.5 Å². The number of fused-ring (bicyclic) bond motifs is 1. The molecule has 2 rings (SSSR count). The van der Waals surface area contributed by atoms with Crippen LogP contribution in [0, 0.1) is 5.41 Å². The summed E-state index contributed by atoms with van der Waals surface area (Å²) in [6.45, 7) is 12.3. The van der Waals surface area contributed by atoms with Crippen LogP contribution in [0.25, 0.3) is 0 Å². The molecular formula is C22H37N3O6S. The Labute approximate surface area is 194 Å². The van der Waals surface area contributed by atoms with Crippen molar-refractivity contribution in [2.24, 2.45) is 5.41 Å². The van der Waals surface area contributed by atoms with Gasteiger partial charge in [-0.1, -0.05) is 13.8 Å². The van der Waals surface area contributed by atoms with Crippen LogP contribution in [0.1, 0.15) is 61.3 Å². The number of hydrogen-bond acceptors (Lipinski definition) is 7. The number of esters is 1. The summed E-state index contributed by atoms with van der Waals surface area (Å²) in [4.78, 5) is 54.5. The van der Waals surface area contributed by atoms with E-state index in [1.54, 1.807) is 51.3 Å². The van der Waals surface area contributed by atoms with E-state index in [9.17, 15) is 19.2 Å². The molecule has 2 aliphatic heterocycles. The summed E-state index contributed by atoms with van der Waals surface area (Å²) in [6, 6.07) is -1.51. The summed E-state index contributed by atoms with van der Waals surface area (Å²) < 4.78 is 10.4. The molecule has 0 aromatic carbocycles. The van der Waals surface area contributed by atoms with Crippen molar-refractivity contribution in [2.45, 2.75) is 89.9 Å². The van der Waals surface area contributed by atoms with Crippen molar-refractivity contribution in [3.63, 3.8) is 0 Å². The fourth-order valence-electron chi connectivity index (χ4n) is 3.96. The van der Waals surface area contributed by atoms with Crippen LogP contribution >= 0.6 is 11.8 Å². The van der Waals surface area contributed by atoms with Crippen molar-refractivity contribution in [3.8, 4) is 0 Å². The van der Waals surface area contributed by atoms with E-state index in [-0.39, 0.29) is 11.3 Å². The zero-order chi connectivity index (χ0) is 24.6. The molecule has 0 saturated carbocycles. The third kappa shape index (κ3) is 5.32. The minimum absolute atomic E-state index is 0.152. The fourth-order valence-corrected chi connectivity index (χ4v) is 5.54. The lowest BCUT2D eigenvalue weighted by Gasteiger charge is -2.37. The fraction of sp³-hybridized carbons (Fsp3) is 0.818. The van der Waals surface area contributed by atoms with E-state index in [0.29, 0.717) is 18.6 Å².